The second-order valence-electron chi connectivity index (χ2n) is 23.2. The van der Waals surface area contributed by atoms with Crippen molar-refractivity contribution in [3.8, 4) is 28.7 Å². The highest BCUT2D eigenvalue weighted by molar-refractivity contribution is 7.20. The molecule has 5 nitrogen and oxygen atoms in total. The van der Waals surface area contributed by atoms with Gasteiger partial charge in [-0.3, -0.25) is 9.13 Å². The van der Waals surface area contributed by atoms with Crippen molar-refractivity contribution < 1.29 is 0 Å². The maximum atomic E-state index is 5.89. The number of hydrogen-bond acceptors (Lipinski definition) is 2. The lowest BCUT2D eigenvalue weighted by Crippen LogP contribution is -2.74. The molecule has 0 saturated heterocycles. The van der Waals surface area contributed by atoms with E-state index in [1.165, 1.54) is 52.3 Å². The Hall–Kier alpha value is -11.2. The van der Waals surface area contributed by atoms with Gasteiger partial charge in [0.05, 0.1) is 38.8 Å². The molecule has 0 radical (unpaired) electrons. The summed E-state index contributed by atoms with van der Waals surface area (Å²) in [5.41, 5.74) is 9.40. The number of hydrogen-bond donors (Lipinski definition) is 0. The molecular weight excluding hydrogens is 1110 g/mol. The van der Waals surface area contributed by atoms with Crippen LogP contribution in [0.4, 0.5) is 0 Å². The Morgan fingerprint density at radius 2 is 0.607 bits per heavy atom. The van der Waals surface area contributed by atoms with Crippen LogP contribution < -0.4 is 41.5 Å². The van der Waals surface area contributed by atoms with Gasteiger partial charge in [-0.05, 0) is 84.0 Å². The Labute approximate surface area is 518 Å². The van der Waals surface area contributed by atoms with Gasteiger partial charge in [0.1, 0.15) is 5.82 Å². The number of rotatable bonds is 12. The van der Waals surface area contributed by atoms with E-state index in [-0.39, 0.29) is 0 Å². The van der Waals surface area contributed by atoms with Crippen LogP contribution in [-0.4, -0.2) is 39.8 Å². The normalized spacial score (nSPS) is 12.0. The van der Waals surface area contributed by atoms with Gasteiger partial charge in [-0.25, -0.2) is 4.98 Å². The van der Waals surface area contributed by atoms with Crippen LogP contribution >= 0.6 is 0 Å². The Morgan fingerprint density at radius 1 is 0.236 bits per heavy atom. The molecule has 17 aromatic rings. The van der Waals surface area contributed by atoms with E-state index in [0.717, 1.165) is 77.4 Å². The highest BCUT2D eigenvalue weighted by Crippen LogP contribution is 2.42. The van der Waals surface area contributed by atoms with E-state index in [2.05, 4.69) is 359 Å². The van der Waals surface area contributed by atoms with E-state index < -0.39 is 16.1 Å². The molecule has 0 bridgehead atoms. The summed E-state index contributed by atoms with van der Waals surface area (Å²) >= 11 is 0. The standard InChI is InChI=1S/C82H57N5Si2/c1-7-31-60(32-8-1)88(61-33-9-2-10-34-61,62-35-11-3-12-36-62)66-43-27-29-58(55-66)73-57-79(86-74-49-23-19-45-68(74)69-46-20-24-50-75(69)86)84-82(83-73)87-76-51-25-21-47-70(76)71-53-54-78-80(81(71)87)72-48-22-26-52-77(72)85(78)59-30-28-44-67(56-59)89(63-37-13-4-14-38-63,64-39-15-5-16-40-64)65-41-17-6-18-42-65/h1-57H. The van der Waals surface area contributed by atoms with Crippen LogP contribution in [0.5, 0.6) is 0 Å². The Balaban J connectivity index is 0.948. The molecule has 0 amide bonds. The molecule has 0 aliphatic carbocycles. The number of fused-ring (bicyclic) bond motifs is 10. The molecule has 418 valence electrons. The van der Waals surface area contributed by atoms with Crippen molar-refractivity contribution in [3.05, 3.63) is 346 Å². The predicted molar refractivity (Wildman–Crippen MR) is 378 cm³/mol. The molecule has 0 N–H and O–H groups in total. The van der Waals surface area contributed by atoms with E-state index in [4.69, 9.17) is 9.97 Å². The largest absolute Gasteiger partial charge is 0.309 e. The smallest absolute Gasteiger partial charge is 0.237 e. The maximum Gasteiger partial charge on any atom is 0.237 e. The number of nitrogens with zero attached hydrogens (tertiary/aromatic N) is 5. The van der Waals surface area contributed by atoms with Crippen molar-refractivity contribution in [2.45, 2.75) is 0 Å². The van der Waals surface area contributed by atoms with Crippen LogP contribution in [0.15, 0.2) is 346 Å². The summed E-state index contributed by atoms with van der Waals surface area (Å²) in [5, 5.41) is 17.4. The molecule has 89 heavy (non-hydrogen) atoms. The Bertz CT molecular complexity index is 5240. The molecular formula is C82H57N5Si2. The van der Waals surface area contributed by atoms with Crippen molar-refractivity contribution in [3.63, 3.8) is 0 Å². The summed E-state index contributed by atoms with van der Waals surface area (Å²) in [6.45, 7) is 0. The molecule has 13 aromatic carbocycles. The predicted octanol–water partition coefficient (Wildman–Crippen LogP) is 14.2. The zero-order valence-electron chi connectivity index (χ0n) is 48.6. The Kier molecular flexibility index (Phi) is 12.5. The SMILES string of the molecule is c1ccc([Si](c2ccccc2)(c2ccccc2)c2cccc(-c3cc(-n4c5ccccc5c5ccccc54)nc(-n4c5ccccc5c5ccc6c(c7ccccc7n6-c6cccc([Si](c7ccccc7)(c7ccccc7)c7ccccc7)c6)c54)n3)c2)cc1. The first-order chi connectivity index (χ1) is 44.2. The van der Waals surface area contributed by atoms with Crippen LogP contribution in [0, 0.1) is 0 Å². The molecule has 0 aliphatic heterocycles. The molecule has 0 saturated carbocycles. The average molecular weight is 1170 g/mol. The van der Waals surface area contributed by atoms with E-state index >= 15 is 0 Å². The van der Waals surface area contributed by atoms with Gasteiger partial charge in [0.2, 0.25) is 5.95 Å². The van der Waals surface area contributed by atoms with Crippen LogP contribution in [0.3, 0.4) is 0 Å². The van der Waals surface area contributed by atoms with Crippen LogP contribution in [0.1, 0.15) is 0 Å². The molecule has 17 rings (SSSR count). The average Bonchev–Trinajstić information content (AvgIpc) is 1.19. The van der Waals surface area contributed by atoms with E-state index in [1.54, 1.807) is 0 Å². The molecule has 0 aliphatic rings. The van der Waals surface area contributed by atoms with Gasteiger partial charge in [-0.1, -0.05) is 297 Å². The van der Waals surface area contributed by atoms with Crippen molar-refractivity contribution in [1.82, 2.24) is 23.7 Å². The number of aromatic nitrogens is 5. The van der Waals surface area contributed by atoms with Crippen LogP contribution in [0.2, 0.25) is 0 Å². The lowest BCUT2D eigenvalue weighted by atomic mass is 10.1. The molecule has 0 fully saturated rings. The van der Waals surface area contributed by atoms with Crippen molar-refractivity contribution >= 4 is 123 Å². The molecule has 0 atom stereocenters. The highest BCUT2D eigenvalue weighted by Gasteiger charge is 2.43. The molecule has 4 aromatic heterocycles. The van der Waals surface area contributed by atoms with Crippen LogP contribution in [-0.2, 0) is 0 Å². The zero-order valence-corrected chi connectivity index (χ0v) is 50.6. The summed E-state index contributed by atoms with van der Waals surface area (Å²) in [7, 11) is -5.84. The van der Waals surface area contributed by atoms with E-state index in [1.807, 2.05) is 0 Å². The van der Waals surface area contributed by atoms with E-state index in [9.17, 15) is 0 Å². The number of para-hydroxylation sites is 4. The quantitative estimate of drug-likeness (QED) is 0.0903. The van der Waals surface area contributed by atoms with Crippen LogP contribution in [0.25, 0.3) is 94.1 Å². The first kappa shape index (κ1) is 52.1. The summed E-state index contributed by atoms with van der Waals surface area (Å²) in [4.78, 5) is 11.7. The fraction of sp³-hybridized carbons (Fsp3) is 0. The van der Waals surface area contributed by atoms with Gasteiger partial charge < -0.3 is 4.57 Å². The zero-order chi connectivity index (χ0) is 58.9. The third-order valence-corrected chi connectivity index (χ3v) is 28.1. The monoisotopic (exact) mass is 1170 g/mol. The minimum atomic E-state index is -2.95. The third kappa shape index (κ3) is 8.13. The van der Waals surface area contributed by atoms with Crippen molar-refractivity contribution in [2.75, 3.05) is 0 Å². The molecule has 7 heteroatoms. The third-order valence-electron chi connectivity index (χ3n) is 18.5. The van der Waals surface area contributed by atoms with Gasteiger partial charge in [-0.15, -0.1) is 0 Å². The lowest BCUT2D eigenvalue weighted by Gasteiger charge is -2.34. The lowest BCUT2D eigenvalue weighted by molar-refractivity contribution is 0.953. The van der Waals surface area contributed by atoms with Gasteiger partial charge in [0.25, 0.3) is 0 Å². The minimum Gasteiger partial charge on any atom is -0.309 e. The van der Waals surface area contributed by atoms with Gasteiger partial charge >= 0.3 is 0 Å². The van der Waals surface area contributed by atoms with Gasteiger partial charge in [-0.2, -0.15) is 4.98 Å². The first-order valence-electron chi connectivity index (χ1n) is 30.6. The second kappa shape index (κ2) is 21.3. The Morgan fingerprint density at radius 3 is 1.08 bits per heavy atom. The van der Waals surface area contributed by atoms with E-state index in [0.29, 0.717) is 5.95 Å². The summed E-state index contributed by atoms with van der Waals surface area (Å²) in [6.07, 6.45) is 0. The summed E-state index contributed by atoms with van der Waals surface area (Å²) < 4.78 is 7.19. The fourth-order valence-corrected chi connectivity index (χ4v) is 24.5. The molecule has 0 spiro atoms. The summed E-state index contributed by atoms with van der Waals surface area (Å²) in [5.74, 6) is 1.37. The van der Waals surface area contributed by atoms with Gasteiger partial charge in [0.15, 0.2) is 16.1 Å². The minimum absolute atomic E-state index is 0.587. The highest BCUT2D eigenvalue weighted by atomic mass is 28.3. The summed E-state index contributed by atoms with van der Waals surface area (Å²) in [6, 6.07) is 128. The maximum absolute atomic E-state index is 5.89. The van der Waals surface area contributed by atoms with Crippen molar-refractivity contribution in [1.29, 1.82) is 0 Å². The molecule has 4 heterocycles. The first-order valence-corrected chi connectivity index (χ1v) is 34.6. The number of benzene rings is 13. The van der Waals surface area contributed by atoms with Gasteiger partial charge in [0, 0.05) is 49.6 Å². The van der Waals surface area contributed by atoms with Crippen molar-refractivity contribution in [2.24, 2.45) is 0 Å². The topological polar surface area (TPSA) is 40.6 Å². The molecule has 0 unspecified atom stereocenters. The second-order valence-corrected chi connectivity index (χ2v) is 30.8. The fourth-order valence-electron chi connectivity index (χ4n) is 14.9.